The topological polar surface area (TPSA) is 57.6 Å². The standard InChI is InChI=1S/C17H23NO3/c1-12-6-8-14(9-7-12)4-3-5-16(19)18-10-13(2)15(11-18)17(20)21/h6-9,13,15H,3-5,10-11H2,1-2H3,(H,20,21)/t13-,15-/m1/s1. The molecule has 1 amide bonds. The molecule has 0 aliphatic carbocycles. The van der Waals surface area contributed by atoms with Gasteiger partial charge in [-0.05, 0) is 31.2 Å². The fraction of sp³-hybridized carbons (Fsp3) is 0.529. The Bertz CT molecular complexity index is 509. The van der Waals surface area contributed by atoms with Gasteiger partial charge in [-0.1, -0.05) is 36.8 Å². The van der Waals surface area contributed by atoms with Crippen LogP contribution < -0.4 is 0 Å². The lowest BCUT2D eigenvalue weighted by atomic mass is 9.99. The zero-order valence-electron chi connectivity index (χ0n) is 12.7. The molecule has 1 aliphatic rings. The van der Waals surface area contributed by atoms with E-state index in [2.05, 4.69) is 31.2 Å². The van der Waals surface area contributed by atoms with E-state index in [9.17, 15) is 9.59 Å². The Hall–Kier alpha value is -1.84. The molecular formula is C17H23NO3. The molecule has 21 heavy (non-hydrogen) atoms. The number of aryl methyl sites for hydroxylation is 2. The first-order valence-electron chi connectivity index (χ1n) is 7.53. The molecule has 4 heteroatoms. The molecule has 1 N–H and O–H groups in total. The van der Waals surface area contributed by atoms with Crippen LogP contribution in [0, 0.1) is 18.8 Å². The lowest BCUT2D eigenvalue weighted by molar-refractivity contribution is -0.142. The largest absolute Gasteiger partial charge is 0.481 e. The van der Waals surface area contributed by atoms with Crippen LogP contribution in [0.4, 0.5) is 0 Å². The van der Waals surface area contributed by atoms with Crippen molar-refractivity contribution in [2.75, 3.05) is 13.1 Å². The average molecular weight is 289 g/mol. The summed E-state index contributed by atoms with van der Waals surface area (Å²) in [6, 6.07) is 8.35. The van der Waals surface area contributed by atoms with E-state index < -0.39 is 11.9 Å². The molecular weight excluding hydrogens is 266 g/mol. The molecule has 0 radical (unpaired) electrons. The maximum Gasteiger partial charge on any atom is 0.308 e. The van der Waals surface area contributed by atoms with E-state index in [4.69, 9.17) is 5.11 Å². The monoisotopic (exact) mass is 289 g/mol. The first-order valence-corrected chi connectivity index (χ1v) is 7.53. The van der Waals surface area contributed by atoms with E-state index in [-0.39, 0.29) is 11.8 Å². The number of carboxylic acid groups (broad SMARTS) is 1. The molecule has 0 spiro atoms. The summed E-state index contributed by atoms with van der Waals surface area (Å²) in [5.41, 5.74) is 2.48. The Morgan fingerprint density at radius 3 is 2.48 bits per heavy atom. The number of hydrogen-bond acceptors (Lipinski definition) is 2. The lowest BCUT2D eigenvalue weighted by Gasteiger charge is -2.15. The van der Waals surface area contributed by atoms with Crippen molar-refractivity contribution in [3.8, 4) is 0 Å². The zero-order chi connectivity index (χ0) is 15.4. The minimum Gasteiger partial charge on any atom is -0.481 e. The average Bonchev–Trinajstić information content (AvgIpc) is 2.83. The summed E-state index contributed by atoms with van der Waals surface area (Å²) in [5, 5.41) is 9.09. The van der Waals surface area contributed by atoms with Crippen LogP contribution in [0.3, 0.4) is 0 Å². The van der Waals surface area contributed by atoms with Crippen molar-refractivity contribution in [2.45, 2.75) is 33.1 Å². The highest BCUT2D eigenvalue weighted by molar-refractivity contribution is 5.79. The van der Waals surface area contributed by atoms with Crippen molar-refractivity contribution in [2.24, 2.45) is 11.8 Å². The molecule has 2 atom stereocenters. The number of benzene rings is 1. The summed E-state index contributed by atoms with van der Waals surface area (Å²) in [5.74, 6) is -1.08. The SMILES string of the molecule is Cc1ccc(CCCC(=O)N2C[C@@H](C)[C@H](C(=O)O)C2)cc1. The molecule has 1 aliphatic heterocycles. The van der Waals surface area contributed by atoms with Crippen LogP contribution in [0.1, 0.15) is 30.9 Å². The van der Waals surface area contributed by atoms with Crippen molar-refractivity contribution in [3.05, 3.63) is 35.4 Å². The second-order valence-electron chi connectivity index (χ2n) is 6.06. The maximum atomic E-state index is 12.1. The molecule has 4 nitrogen and oxygen atoms in total. The van der Waals surface area contributed by atoms with Crippen molar-refractivity contribution in [1.29, 1.82) is 0 Å². The zero-order valence-corrected chi connectivity index (χ0v) is 12.7. The number of carbonyl (C=O) groups excluding carboxylic acids is 1. The summed E-state index contributed by atoms with van der Waals surface area (Å²) in [6.45, 7) is 4.89. The van der Waals surface area contributed by atoms with Gasteiger partial charge >= 0.3 is 5.97 Å². The highest BCUT2D eigenvalue weighted by Gasteiger charge is 2.36. The van der Waals surface area contributed by atoms with Gasteiger partial charge in [0.25, 0.3) is 0 Å². The van der Waals surface area contributed by atoms with E-state index in [0.717, 1.165) is 12.8 Å². The summed E-state index contributed by atoms with van der Waals surface area (Å²) >= 11 is 0. The van der Waals surface area contributed by atoms with Gasteiger partial charge in [0, 0.05) is 19.5 Å². The number of amides is 1. The number of likely N-dealkylation sites (tertiary alicyclic amines) is 1. The summed E-state index contributed by atoms with van der Waals surface area (Å²) in [6.07, 6.45) is 2.19. The quantitative estimate of drug-likeness (QED) is 0.906. The van der Waals surface area contributed by atoms with Gasteiger partial charge in [-0.25, -0.2) is 0 Å². The summed E-state index contributed by atoms with van der Waals surface area (Å²) in [4.78, 5) is 24.9. The van der Waals surface area contributed by atoms with E-state index >= 15 is 0 Å². The van der Waals surface area contributed by atoms with Crippen LogP contribution >= 0.6 is 0 Å². The van der Waals surface area contributed by atoms with Crippen molar-refractivity contribution < 1.29 is 14.7 Å². The van der Waals surface area contributed by atoms with Crippen LogP contribution in [0.25, 0.3) is 0 Å². The van der Waals surface area contributed by atoms with Gasteiger partial charge in [-0.2, -0.15) is 0 Å². The Balaban J connectivity index is 1.77. The molecule has 0 saturated carbocycles. The number of hydrogen-bond donors (Lipinski definition) is 1. The molecule has 1 aromatic carbocycles. The fourth-order valence-corrected chi connectivity index (χ4v) is 2.85. The Kier molecular flexibility index (Phi) is 4.99. The van der Waals surface area contributed by atoms with Crippen molar-refractivity contribution >= 4 is 11.9 Å². The van der Waals surface area contributed by atoms with Crippen LogP contribution in [0.5, 0.6) is 0 Å². The Morgan fingerprint density at radius 1 is 1.24 bits per heavy atom. The Labute approximate surface area is 125 Å². The summed E-state index contributed by atoms with van der Waals surface area (Å²) < 4.78 is 0. The number of aliphatic carboxylic acids is 1. The number of carbonyl (C=O) groups is 2. The van der Waals surface area contributed by atoms with E-state index in [1.807, 2.05) is 6.92 Å². The highest BCUT2D eigenvalue weighted by Crippen LogP contribution is 2.24. The van der Waals surface area contributed by atoms with Gasteiger partial charge in [0.15, 0.2) is 0 Å². The van der Waals surface area contributed by atoms with E-state index in [1.165, 1.54) is 11.1 Å². The smallest absolute Gasteiger partial charge is 0.308 e. The molecule has 1 heterocycles. The fourth-order valence-electron chi connectivity index (χ4n) is 2.85. The molecule has 0 unspecified atom stereocenters. The van der Waals surface area contributed by atoms with E-state index in [0.29, 0.717) is 19.5 Å². The van der Waals surface area contributed by atoms with Crippen molar-refractivity contribution in [3.63, 3.8) is 0 Å². The second kappa shape index (κ2) is 6.74. The third kappa shape index (κ3) is 4.06. The molecule has 1 aromatic rings. The van der Waals surface area contributed by atoms with Gasteiger partial charge in [-0.15, -0.1) is 0 Å². The number of nitrogens with zero attached hydrogens (tertiary/aromatic N) is 1. The van der Waals surface area contributed by atoms with Crippen LogP contribution in [-0.4, -0.2) is 35.0 Å². The van der Waals surface area contributed by atoms with Gasteiger partial charge in [0.1, 0.15) is 0 Å². The highest BCUT2D eigenvalue weighted by atomic mass is 16.4. The molecule has 0 aromatic heterocycles. The number of rotatable bonds is 5. The molecule has 114 valence electrons. The molecule has 2 rings (SSSR count). The minimum absolute atomic E-state index is 0.0450. The first-order chi connectivity index (χ1) is 9.97. The van der Waals surface area contributed by atoms with Gasteiger partial charge < -0.3 is 10.0 Å². The molecule has 1 fully saturated rings. The van der Waals surface area contributed by atoms with Crippen LogP contribution in [0.15, 0.2) is 24.3 Å². The molecule has 0 bridgehead atoms. The third-order valence-corrected chi connectivity index (χ3v) is 4.26. The van der Waals surface area contributed by atoms with Crippen LogP contribution in [-0.2, 0) is 16.0 Å². The van der Waals surface area contributed by atoms with Gasteiger partial charge in [-0.3, -0.25) is 9.59 Å². The third-order valence-electron chi connectivity index (χ3n) is 4.26. The van der Waals surface area contributed by atoms with Crippen LogP contribution in [0.2, 0.25) is 0 Å². The summed E-state index contributed by atoms with van der Waals surface area (Å²) in [7, 11) is 0. The van der Waals surface area contributed by atoms with Gasteiger partial charge in [0.05, 0.1) is 5.92 Å². The predicted octanol–water partition coefficient (Wildman–Crippen LogP) is 2.50. The Morgan fingerprint density at radius 2 is 1.90 bits per heavy atom. The normalized spacial score (nSPS) is 21.5. The molecule has 1 saturated heterocycles. The van der Waals surface area contributed by atoms with E-state index in [1.54, 1.807) is 4.90 Å². The lowest BCUT2D eigenvalue weighted by Crippen LogP contribution is -2.29. The minimum atomic E-state index is -0.794. The second-order valence-corrected chi connectivity index (χ2v) is 6.06. The van der Waals surface area contributed by atoms with Gasteiger partial charge in [0.2, 0.25) is 5.91 Å². The predicted molar refractivity (Wildman–Crippen MR) is 81.0 cm³/mol. The first kappa shape index (κ1) is 15.5. The number of carboxylic acids is 1. The maximum absolute atomic E-state index is 12.1. The van der Waals surface area contributed by atoms with Crippen molar-refractivity contribution in [1.82, 2.24) is 4.90 Å².